The standard InChI is InChI=1S/C24H34N4O3/c1-4-25-24(26-16-18-15-19(30-2)11-12-22(18)29)27-17-21(28-13-7-8-14-28)20-9-5-6-10-23(20)31-3/h5-6,9-12,15,21,29H,4,7-8,13-14,16-17H2,1-3H3,(H2,25,26,27). The fraction of sp³-hybridized carbons (Fsp3) is 0.458. The van der Waals surface area contributed by atoms with E-state index in [1.54, 1.807) is 26.4 Å². The van der Waals surface area contributed by atoms with Gasteiger partial charge in [-0.05, 0) is 57.1 Å². The Hall–Kier alpha value is -2.93. The first-order chi connectivity index (χ1) is 15.2. The Balaban J connectivity index is 1.76. The van der Waals surface area contributed by atoms with Crippen LogP contribution in [0.2, 0.25) is 0 Å². The van der Waals surface area contributed by atoms with Crippen molar-refractivity contribution in [3.8, 4) is 17.2 Å². The van der Waals surface area contributed by atoms with Crippen LogP contribution in [0.1, 0.15) is 36.9 Å². The Morgan fingerprint density at radius 3 is 2.58 bits per heavy atom. The number of hydrogen-bond acceptors (Lipinski definition) is 5. The minimum absolute atomic E-state index is 0.188. The van der Waals surface area contributed by atoms with Gasteiger partial charge in [0.1, 0.15) is 17.2 Å². The first kappa shape index (κ1) is 22.7. The number of likely N-dealkylation sites (tertiary alicyclic amines) is 1. The van der Waals surface area contributed by atoms with Gasteiger partial charge < -0.3 is 25.2 Å². The second-order valence-electron chi connectivity index (χ2n) is 7.57. The van der Waals surface area contributed by atoms with Crippen LogP contribution >= 0.6 is 0 Å². The number of aliphatic imine (C=N–C) groups is 1. The lowest BCUT2D eigenvalue weighted by molar-refractivity contribution is 0.239. The van der Waals surface area contributed by atoms with Crippen molar-refractivity contribution >= 4 is 5.96 Å². The Kier molecular flexibility index (Phi) is 8.41. The van der Waals surface area contributed by atoms with Gasteiger partial charge in [-0.1, -0.05) is 18.2 Å². The molecule has 1 heterocycles. The third-order valence-electron chi connectivity index (χ3n) is 5.58. The van der Waals surface area contributed by atoms with E-state index in [1.807, 2.05) is 25.1 Å². The van der Waals surface area contributed by atoms with Crippen molar-refractivity contribution in [2.75, 3.05) is 40.4 Å². The van der Waals surface area contributed by atoms with E-state index in [0.717, 1.165) is 30.9 Å². The molecule has 1 aliphatic heterocycles. The monoisotopic (exact) mass is 426 g/mol. The molecular formula is C24H34N4O3. The minimum atomic E-state index is 0.188. The van der Waals surface area contributed by atoms with E-state index in [9.17, 15) is 5.11 Å². The van der Waals surface area contributed by atoms with Crippen LogP contribution in [0.3, 0.4) is 0 Å². The number of nitrogens with one attached hydrogen (secondary N) is 2. The third kappa shape index (κ3) is 6.04. The summed E-state index contributed by atoms with van der Waals surface area (Å²) in [5.41, 5.74) is 1.90. The van der Waals surface area contributed by atoms with Crippen molar-refractivity contribution in [3.63, 3.8) is 0 Å². The van der Waals surface area contributed by atoms with Crippen molar-refractivity contribution in [2.24, 2.45) is 4.99 Å². The fourth-order valence-corrected chi connectivity index (χ4v) is 3.95. The van der Waals surface area contributed by atoms with Gasteiger partial charge in [-0.3, -0.25) is 4.90 Å². The summed E-state index contributed by atoms with van der Waals surface area (Å²) >= 11 is 0. The molecule has 168 valence electrons. The number of methoxy groups -OCH3 is 2. The number of nitrogens with zero attached hydrogens (tertiary/aromatic N) is 2. The minimum Gasteiger partial charge on any atom is -0.508 e. The molecule has 0 aliphatic carbocycles. The fourth-order valence-electron chi connectivity index (χ4n) is 3.95. The molecule has 1 atom stereocenters. The smallest absolute Gasteiger partial charge is 0.191 e. The predicted octanol–water partition coefficient (Wildman–Crippen LogP) is 3.30. The van der Waals surface area contributed by atoms with Crippen LogP contribution < -0.4 is 20.1 Å². The molecule has 3 N–H and O–H groups in total. The van der Waals surface area contributed by atoms with Crippen LogP contribution in [0.15, 0.2) is 47.5 Å². The van der Waals surface area contributed by atoms with Crippen molar-refractivity contribution in [1.82, 2.24) is 15.5 Å². The zero-order chi connectivity index (χ0) is 22.1. The van der Waals surface area contributed by atoms with E-state index in [-0.39, 0.29) is 11.8 Å². The second-order valence-corrected chi connectivity index (χ2v) is 7.57. The lowest BCUT2D eigenvalue weighted by Gasteiger charge is -2.30. The summed E-state index contributed by atoms with van der Waals surface area (Å²) in [4.78, 5) is 7.19. The van der Waals surface area contributed by atoms with Gasteiger partial charge in [-0.15, -0.1) is 0 Å². The highest BCUT2D eigenvalue weighted by Crippen LogP contribution is 2.31. The summed E-state index contributed by atoms with van der Waals surface area (Å²) in [5, 5.41) is 17.0. The van der Waals surface area contributed by atoms with Crippen molar-refractivity contribution in [2.45, 2.75) is 32.4 Å². The van der Waals surface area contributed by atoms with Gasteiger partial charge in [0.2, 0.25) is 0 Å². The lowest BCUT2D eigenvalue weighted by Crippen LogP contribution is -2.42. The normalized spacial score (nSPS) is 15.5. The van der Waals surface area contributed by atoms with Gasteiger partial charge in [0, 0.05) is 24.2 Å². The highest BCUT2D eigenvalue weighted by molar-refractivity contribution is 5.79. The summed E-state index contributed by atoms with van der Waals surface area (Å²) in [6.07, 6.45) is 2.43. The van der Waals surface area contributed by atoms with E-state index in [4.69, 9.17) is 9.47 Å². The molecular weight excluding hydrogens is 392 g/mol. The molecule has 7 heteroatoms. The number of rotatable bonds is 9. The molecule has 2 aromatic rings. The summed E-state index contributed by atoms with van der Waals surface area (Å²) in [5.74, 6) is 2.53. The SMILES string of the molecule is CCNC(=NCc1cc(OC)ccc1O)NCC(c1ccccc1OC)N1CCCC1. The number of para-hydroxylation sites is 1. The van der Waals surface area contributed by atoms with Crippen LogP contribution in [-0.4, -0.2) is 56.4 Å². The highest BCUT2D eigenvalue weighted by Gasteiger charge is 2.26. The summed E-state index contributed by atoms with van der Waals surface area (Å²) in [6.45, 7) is 6.00. The molecule has 0 saturated carbocycles. The van der Waals surface area contributed by atoms with Crippen molar-refractivity contribution in [3.05, 3.63) is 53.6 Å². The van der Waals surface area contributed by atoms with Gasteiger partial charge in [-0.25, -0.2) is 4.99 Å². The molecule has 31 heavy (non-hydrogen) atoms. The quantitative estimate of drug-likeness (QED) is 0.422. The zero-order valence-electron chi connectivity index (χ0n) is 18.7. The van der Waals surface area contributed by atoms with Crippen LogP contribution in [0.25, 0.3) is 0 Å². The van der Waals surface area contributed by atoms with Gasteiger partial charge in [0.25, 0.3) is 0 Å². The number of phenols is 1. The molecule has 0 radical (unpaired) electrons. The van der Waals surface area contributed by atoms with Crippen LogP contribution in [0.4, 0.5) is 0 Å². The molecule has 1 unspecified atom stereocenters. The largest absolute Gasteiger partial charge is 0.508 e. The topological polar surface area (TPSA) is 78.4 Å². The Morgan fingerprint density at radius 1 is 1.10 bits per heavy atom. The number of ether oxygens (including phenoxy) is 2. The van der Waals surface area contributed by atoms with Gasteiger partial charge in [0.15, 0.2) is 5.96 Å². The van der Waals surface area contributed by atoms with Gasteiger partial charge in [-0.2, -0.15) is 0 Å². The van der Waals surface area contributed by atoms with Gasteiger partial charge in [0.05, 0.1) is 26.8 Å². The van der Waals surface area contributed by atoms with Crippen LogP contribution in [0.5, 0.6) is 17.2 Å². The van der Waals surface area contributed by atoms with Crippen LogP contribution in [0, 0.1) is 0 Å². The Labute approximate surface area is 185 Å². The second kappa shape index (κ2) is 11.5. The molecule has 0 bridgehead atoms. The molecule has 3 rings (SSSR count). The Morgan fingerprint density at radius 2 is 1.87 bits per heavy atom. The van der Waals surface area contributed by atoms with Gasteiger partial charge >= 0.3 is 0 Å². The molecule has 0 spiro atoms. The molecule has 1 fully saturated rings. The molecule has 1 aliphatic rings. The first-order valence-electron chi connectivity index (χ1n) is 10.9. The summed E-state index contributed by atoms with van der Waals surface area (Å²) < 4.78 is 10.9. The van der Waals surface area contributed by atoms with Crippen molar-refractivity contribution in [1.29, 1.82) is 0 Å². The Bertz CT molecular complexity index is 866. The van der Waals surface area contributed by atoms with E-state index in [0.29, 0.717) is 24.8 Å². The number of guanidine groups is 1. The third-order valence-corrected chi connectivity index (χ3v) is 5.58. The number of phenolic OH excluding ortho intramolecular Hbond substituents is 1. The number of benzene rings is 2. The predicted molar refractivity (Wildman–Crippen MR) is 124 cm³/mol. The molecule has 7 nitrogen and oxygen atoms in total. The summed E-state index contributed by atoms with van der Waals surface area (Å²) in [7, 11) is 3.33. The summed E-state index contributed by atoms with van der Waals surface area (Å²) in [6, 6.07) is 13.6. The first-order valence-corrected chi connectivity index (χ1v) is 10.9. The number of aromatic hydroxyl groups is 1. The maximum atomic E-state index is 10.2. The number of hydrogen-bond donors (Lipinski definition) is 3. The van der Waals surface area contributed by atoms with Crippen LogP contribution in [-0.2, 0) is 6.54 Å². The molecule has 2 aromatic carbocycles. The molecule has 0 aromatic heterocycles. The molecule has 0 amide bonds. The molecule has 1 saturated heterocycles. The van der Waals surface area contributed by atoms with Crippen molar-refractivity contribution < 1.29 is 14.6 Å². The maximum absolute atomic E-state index is 10.2. The van der Waals surface area contributed by atoms with E-state index in [2.05, 4.69) is 32.7 Å². The van der Waals surface area contributed by atoms with E-state index < -0.39 is 0 Å². The lowest BCUT2D eigenvalue weighted by atomic mass is 10.0. The zero-order valence-corrected chi connectivity index (χ0v) is 18.7. The van der Waals surface area contributed by atoms with E-state index in [1.165, 1.54) is 18.4 Å². The highest BCUT2D eigenvalue weighted by atomic mass is 16.5. The maximum Gasteiger partial charge on any atom is 0.191 e. The average Bonchev–Trinajstić information content (AvgIpc) is 3.33. The average molecular weight is 427 g/mol. The van der Waals surface area contributed by atoms with E-state index >= 15 is 0 Å².